The minimum absolute atomic E-state index is 0.122. The summed E-state index contributed by atoms with van der Waals surface area (Å²) < 4.78 is 20.0. The van der Waals surface area contributed by atoms with Crippen molar-refractivity contribution in [3.8, 4) is 11.8 Å². The molecule has 3 N–H and O–H groups in total. The zero-order valence-corrected chi connectivity index (χ0v) is 28.8. The number of alkyl halides is 3. The molecule has 1 aromatic heterocycles. The van der Waals surface area contributed by atoms with Crippen LogP contribution in [0.25, 0.3) is 0 Å². The van der Waals surface area contributed by atoms with Crippen LogP contribution in [-0.2, 0) is 44.7 Å². The number of fused-ring (bicyclic) bond motifs is 5. The van der Waals surface area contributed by atoms with E-state index in [9.17, 15) is 29.4 Å². The smallest absolute Gasteiger partial charge is 0.322 e. The molecule has 2 aliphatic heterocycles. The van der Waals surface area contributed by atoms with Crippen molar-refractivity contribution in [2.45, 2.75) is 85.2 Å². The fourth-order valence-corrected chi connectivity index (χ4v) is 4.46. The first-order chi connectivity index (χ1) is 19.2. The predicted octanol–water partition coefficient (Wildman–Crippen LogP) is 3.98. The maximum Gasteiger partial charge on any atom is 0.322 e. The van der Waals surface area contributed by atoms with Crippen molar-refractivity contribution in [3.63, 3.8) is 0 Å². The summed E-state index contributed by atoms with van der Waals surface area (Å²) in [7, 11) is 0. The Kier molecular flexibility index (Phi) is 10.2. The first-order valence-electron chi connectivity index (χ1n) is 13.0. The molecule has 2 aliphatic rings. The molecular weight excluding hydrogens is 752 g/mol. The van der Waals surface area contributed by atoms with Crippen LogP contribution in [0, 0.1) is 0 Å². The summed E-state index contributed by atoms with van der Waals surface area (Å²) in [6.07, 6.45) is 2.34. The number of hydrogen-bond donors (Lipinski definition) is 3. The Morgan fingerprint density at radius 3 is 1.48 bits per heavy atom. The minimum Gasteiger partial charge on any atom is -0.494 e. The van der Waals surface area contributed by atoms with Crippen LogP contribution in [0.15, 0.2) is 12.2 Å². The van der Waals surface area contributed by atoms with Crippen LogP contribution >= 0.6 is 47.8 Å². The van der Waals surface area contributed by atoms with Gasteiger partial charge >= 0.3 is 17.9 Å². The molecule has 3 heterocycles. The molecule has 1 aromatic rings. The van der Waals surface area contributed by atoms with Crippen LogP contribution in [0.4, 0.5) is 0 Å². The Labute approximate surface area is 268 Å². The average Bonchev–Trinajstić information content (AvgIpc) is 3.55. The highest BCUT2D eigenvalue weighted by Crippen LogP contribution is 2.54. The van der Waals surface area contributed by atoms with Gasteiger partial charge in [-0.1, -0.05) is 59.9 Å². The molecule has 2 bridgehead atoms. The predicted molar refractivity (Wildman–Crippen MR) is 161 cm³/mol. The van der Waals surface area contributed by atoms with Crippen LogP contribution in [-0.4, -0.2) is 76.9 Å². The molecule has 1 amide bonds. The Morgan fingerprint density at radius 2 is 1.14 bits per heavy atom. The fraction of sp³-hybridized carbons (Fsp3) is 0.630. The van der Waals surface area contributed by atoms with E-state index in [0.717, 1.165) is 0 Å². The number of carbonyl (C=O) groups excluding carboxylic acids is 4. The number of aromatic nitrogens is 1. The summed E-state index contributed by atoms with van der Waals surface area (Å²) in [6, 6.07) is 0. The summed E-state index contributed by atoms with van der Waals surface area (Å²) in [5, 5.41) is 24.2. The Balaban J connectivity index is 1.85. The number of nitrogens with zero attached hydrogens (tertiary/aromatic N) is 1. The van der Waals surface area contributed by atoms with Gasteiger partial charge in [-0.3, -0.25) is 23.7 Å². The van der Waals surface area contributed by atoms with E-state index in [-0.39, 0.29) is 24.7 Å². The summed E-state index contributed by atoms with van der Waals surface area (Å²) in [5.74, 6) is -3.09. The summed E-state index contributed by atoms with van der Waals surface area (Å²) in [5.41, 5.74) is -0.785. The van der Waals surface area contributed by atoms with Gasteiger partial charge in [0.2, 0.25) is 17.7 Å². The zero-order valence-electron chi connectivity index (χ0n) is 24.1. The van der Waals surface area contributed by atoms with Gasteiger partial charge in [-0.25, -0.2) is 0 Å². The molecule has 42 heavy (non-hydrogen) atoms. The second kappa shape index (κ2) is 12.5. The molecule has 0 spiro atoms. The second-order valence-corrected chi connectivity index (χ2v) is 17.7. The van der Waals surface area contributed by atoms with E-state index in [0.29, 0.717) is 11.1 Å². The van der Waals surface area contributed by atoms with Crippen molar-refractivity contribution in [2.75, 3.05) is 19.8 Å². The van der Waals surface area contributed by atoms with Crippen LogP contribution in [0.5, 0.6) is 11.8 Å². The number of hydrogen-bond acceptors (Lipinski definition) is 10. The topological polar surface area (TPSA) is 163 Å². The quantitative estimate of drug-likeness (QED) is 0.116. The number of rotatable bonds is 13. The van der Waals surface area contributed by atoms with Gasteiger partial charge < -0.3 is 34.5 Å². The Hall–Kier alpha value is -2.10. The second-order valence-electron chi connectivity index (χ2n) is 11.7. The number of nitrogens with one attached hydrogen (secondary N) is 1. The van der Waals surface area contributed by atoms with E-state index in [4.69, 9.17) is 18.9 Å². The Bertz CT molecular complexity index is 1160. The third-order valence-corrected chi connectivity index (χ3v) is 7.44. The van der Waals surface area contributed by atoms with Crippen LogP contribution in [0.2, 0.25) is 0 Å². The third-order valence-electron chi connectivity index (χ3n) is 6.47. The van der Waals surface area contributed by atoms with Crippen LogP contribution < -0.4 is 5.32 Å². The van der Waals surface area contributed by atoms with E-state index >= 15 is 0 Å². The van der Waals surface area contributed by atoms with Crippen molar-refractivity contribution in [1.82, 2.24) is 9.88 Å². The van der Waals surface area contributed by atoms with Crippen molar-refractivity contribution >= 4 is 71.6 Å². The average molecular weight is 787 g/mol. The summed E-state index contributed by atoms with van der Waals surface area (Å²) >= 11 is 9.68. The molecule has 0 saturated carbocycles. The normalized spacial score (nSPS) is 18.0. The maximum absolute atomic E-state index is 13.3. The lowest BCUT2D eigenvalue weighted by Gasteiger charge is -2.35. The van der Waals surface area contributed by atoms with Gasteiger partial charge in [-0.15, -0.1) is 0 Å². The third kappa shape index (κ3) is 7.88. The van der Waals surface area contributed by atoms with Crippen molar-refractivity contribution < 1.29 is 48.3 Å². The van der Waals surface area contributed by atoms with Gasteiger partial charge in [0.1, 0.15) is 50.5 Å². The molecule has 3 rings (SSSR count). The number of halogens is 3. The van der Waals surface area contributed by atoms with Gasteiger partial charge in [0.25, 0.3) is 0 Å². The highest BCUT2D eigenvalue weighted by Gasteiger charge is 2.43. The summed E-state index contributed by atoms with van der Waals surface area (Å²) in [6.45, 7) is 7.73. The molecule has 0 saturated heterocycles. The largest absolute Gasteiger partial charge is 0.494 e. The number of amides is 1. The number of esters is 3. The van der Waals surface area contributed by atoms with Crippen LogP contribution in [0.3, 0.4) is 0 Å². The Morgan fingerprint density at radius 1 is 0.786 bits per heavy atom. The van der Waals surface area contributed by atoms with E-state index in [2.05, 4.69) is 53.1 Å². The molecule has 0 aliphatic carbocycles. The zero-order chi connectivity index (χ0) is 31.8. The fourth-order valence-electron chi connectivity index (χ4n) is 4.11. The van der Waals surface area contributed by atoms with Gasteiger partial charge in [-0.05, 0) is 41.5 Å². The lowest BCUT2D eigenvalue weighted by Crippen LogP contribution is -2.60. The first-order valence-corrected chi connectivity index (χ1v) is 15.4. The molecule has 0 radical (unpaired) electrons. The number of ether oxygens (including phenoxy) is 4. The van der Waals surface area contributed by atoms with E-state index in [1.165, 1.54) is 4.57 Å². The van der Waals surface area contributed by atoms with Gasteiger partial charge in [0.05, 0.1) is 11.1 Å². The molecule has 2 atom stereocenters. The lowest BCUT2D eigenvalue weighted by molar-refractivity contribution is -0.161. The molecule has 234 valence electrons. The summed E-state index contributed by atoms with van der Waals surface area (Å²) in [4.78, 5) is 51.2. The van der Waals surface area contributed by atoms with E-state index in [1.807, 2.05) is 0 Å². The highest BCUT2D eigenvalue weighted by atomic mass is 79.9. The molecule has 2 unspecified atom stereocenters. The lowest BCUT2D eigenvalue weighted by atomic mass is 10.0. The molecule has 12 nitrogen and oxygen atoms in total. The van der Waals surface area contributed by atoms with Gasteiger partial charge in [0, 0.05) is 13.0 Å². The van der Waals surface area contributed by atoms with Crippen molar-refractivity contribution in [3.05, 3.63) is 23.3 Å². The number of aromatic hydroxyl groups is 2. The monoisotopic (exact) mass is 784 g/mol. The van der Waals surface area contributed by atoms with Gasteiger partial charge in [0.15, 0.2) is 0 Å². The van der Waals surface area contributed by atoms with E-state index in [1.54, 1.807) is 53.7 Å². The number of carbonyl (C=O) groups is 4. The molecular formula is C27H35Br3N2O10. The van der Waals surface area contributed by atoms with Crippen molar-refractivity contribution in [1.29, 1.82) is 0 Å². The highest BCUT2D eigenvalue weighted by molar-refractivity contribution is 9.10. The maximum atomic E-state index is 13.3. The molecule has 15 heteroatoms. The standard InChI is InChI=1S/C27H35Br3N2O10/c1-24(2,28)21(36)39-11-27(12-40-22(37)25(3,4)29,13-41-23(38)26(5,6)30)31-16(33)9-10-32-19(34)17-14-7-8-15(42-14)18(17)20(32)35/h7-8,14-15,34-35H,9-13H2,1-6H3,(H,31,33). The van der Waals surface area contributed by atoms with Crippen molar-refractivity contribution in [2.24, 2.45) is 0 Å². The van der Waals surface area contributed by atoms with Crippen LogP contribution in [0.1, 0.15) is 71.3 Å². The molecule has 0 fully saturated rings. The molecule has 0 aromatic carbocycles. The van der Waals surface area contributed by atoms with E-state index < -0.39 is 74.4 Å². The van der Waals surface area contributed by atoms with Gasteiger partial charge in [-0.2, -0.15) is 0 Å². The minimum atomic E-state index is -1.69. The SMILES string of the molecule is CC(C)(Br)C(=O)OCC(COC(=O)C(C)(C)Br)(COC(=O)C(C)(C)Br)NC(=O)CCn1c(O)c2c(c1O)C1C=CC2O1. The first kappa shape index (κ1) is 34.4.